The first-order valence-electron chi connectivity index (χ1n) is 5.44. The van der Waals surface area contributed by atoms with Crippen molar-refractivity contribution < 1.29 is 0 Å². The summed E-state index contributed by atoms with van der Waals surface area (Å²) in [5.74, 6) is 2.04. The molecule has 1 aliphatic carbocycles. The lowest BCUT2D eigenvalue weighted by Gasteiger charge is -2.25. The van der Waals surface area contributed by atoms with Crippen LogP contribution in [0.1, 0.15) is 52.4 Å². The lowest BCUT2D eigenvalue weighted by atomic mass is 9.81. The van der Waals surface area contributed by atoms with Crippen molar-refractivity contribution in [3.05, 3.63) is 12.2 Å². The second-order valence-electron chi connectivity index (χ2n) is 4.27. The van der Waals surface area contributed by atoms with Crippen molar-refractivity contribution in [2.45, 2.75) is 52.4 Å². The van der Waals surface area contributed by atoms with E-state index in [4.69, 9.17) is 0 Å². The molecule has 1 aliphatic rings. The van der Waals surface area contributed by atoms with Gasteiger partial charge in [-0.1, -0.05) is 44.8 Å². The van der Waals surface area contributed by atoms with E-state index in [-0.39, 0.29) is 0 Å². The molecule has 0 saturated heterocycles. The van der Waals surface area contributed by atoms with Gasteiger partial charge in [-0.2, -0.15) is 0 Å². The molecule has 0 heterocycles. The maximum atomic E-state index is 2.39. The fourth-order valence-corrected chi connectivity index (χ4v) is 2.12. The molecular weight excluding hydrogens is 144 g/mol. The molecule has 0 aromatic rings. The van der Waals surface area contributed by atoms with Gasteiger partial charge in [-0.15, -0.1) is 0 Å². The Labute approximate surface area is 77.1 Å². The Morgan fingerprint density at radius 3 is 2.42 bits per heavy atom. The quantitative estimate of drug-likeness (QED) is 0.552. The fraction of sp³-hybridized carbons (Fsp3) is 0.833. The van der Waals surface area contributed by atoms with E-state index in [9.17, 15) is 0 Å². The van der Waals surface area contributed by atoms with Gasteiger partial charge in [0.15, 0.2) is 0 Å². The number of hydrogen-bond donors (Lipinski definition) is 0. The molecular formula is C12H22. The van der Waals surface area contributed by atoms with E-state index < -0.39 is 0 Å². The van der Waals surface area contributed by atoms with Gasteiger partial charge in [0, 0.05) is 0 Å². The van der Waals surface area contributed by atoms with Gasteiger partial charge in [0.2, 0.25) is 0 Å². The largest absolute Gasteiger partial charge is 0.0917 e. The van der Waals surface area contributed by atoms with Crippen LogP contribution in [0.5, 0.6) is 0 Å². The topological polar surface area (TPSA) is 0 Å². The van der Waals surface area contributed by atoms with Crippen molar-refractivity contribution in [2.24, 2.45) is 11.8 Å². The molecule has 12 heavy (non-hydrogen) atoms. The minimum Gasteiger partial charge on any atom is -0.0917 e. The fourth-order valence-electron chi connectivity index (χ4n) is 2.12. The zero-order valence-electron chi connectivity index (χ0n) is 8.55. The monoisotopic (exact) mass is 166 g/mol. The maximum Gasteiger partial charge on any atom is -0.0348 e. The zero-order valence-corrected chi connectivity index (χ0v) is 8.55. The highest BCUT2D eigenvalue weighted by atomic mass is 14.2. The Morgan fingerprint density at radius 2 is 1.83 bits per heavy atom. The molecule has 0 unspecified atom stereocenters. The van der Waals surface area contributed by atoms with Gasteiger partial charge in [0.1, 0.15) is 0 Å². The van der Waals surface area contributed by atoms with Crippen LogP contribution in [0.25, 0.3) is 0 Å². The number of rotatable bonds is 3. The van der Waals surface area contributed by atoms with Crippen molar-refractivity contribution in [3.8, 4) is 0 Å². The summed E-state index contributed by atoms with van der Waals surface area (Å²) < 4.78 is 0. The molecule has 0 aliphatic heterocycles. The average Bonchev–Trinajstić information content (AvgIpc) is 2.09. The summed E-state index contributed by atoms with van der Waals surface area (Å²) in [6, 6.07) is 0. The summed E-state index contributed by atoms with van der Waals surface area (Å²) in [7, 11) is 0. The van der Waals surface area contributed by atoms with Gasteiger partial charge >= 0.3 is 0 Å². The third-order valence-corrected chi connectivity index (χ3v) is 3.11. The molecule has 0 bridgehead atoms. The Hall–Kier alpha value is -0.260. The average molecular weight is 166 g/mol. The van der Waals surface area contributed by atoms with Crippen LogP contribution >= 0.6 is 0 Å². The first-order valence-corrected chi connectivity index (χ1v) is 5.44. The summed E-state index contributed by atoms with van der Waals surface area (Å²) in [6.07, 6.45) is 13.1. The predicted octanol–water partition coefficient (Wildman–Crippen LogP) is 4.17. The lowest BCUT2D eigenvalue weighted by molar-refractivity contribution is 0.279. The molecule has 0 spiro atoms. The lowest BCUT2D eigenvalue weighted by Crippen LogP contribution is -2.11. The molecule has 0 amide bonds. The van der Waals surface area contributed by atoms with Gasteiger partial charge < -0.3 is 0 Å². The zero-order chi connectivity index (χ0) is 8.81. The van der Waals surface area contributed by atoms with Crippen LogP contribution in [0.15, 0.2) is 12.2 Å². The Bertz CT molecular complexity index is 127. The van der Waals surface area contributed by atoms with E-state index in [0.29, 0.717) is 0 Å². The van der Waals surface area contributed by atoms with Gasteiger partial charge in [-0.25, -0.2) is 0 Å². The SMILES string of the molecule is C/C=C\CCC1CCC(C)CC1. The second kappa shape index (κ2) is 5.40. The van der Waals surface area contributed by atoms with E-state index in [2.05, 4.69) is 26.0 Å². The molecule has 0 atom stereocenters. The van der Waals surface area contributed by atoms with Crippen LogP contribution in [0.2, 0.25) is 0 Å². The molecule has 0 heteroatoms. The normalized spacial score (nSPS) is 31.2. The van der Waals surface area contributed by atoms with E-state index in [1.807, 2.05) is 0 Å². The molecule has 0 radical (unpaired) electrons. The minimum atomic E-state index is 1.00. The van der Waals surface area contributed by atoms with Crippen LogP contribution in [0, 0.1) is 11.8 Å². The van der Waals surface area contributed by atoms with Crippen LogP contribution < -0.4 is 0 Å². The van der Waals surface area contributed by atoms with Crippen molar-refractivity contribution >= 4 is 0 Å². The molecule has 1 fully saturated rings. The predicted molar refractivity (Wildman–Crippen MR) is 55.2 cm³/mol. The molecule has 70 valence electrons. The highest BCUT2D eigenvalue weighted by molar-refractivity contribution is 4.79. The summed E-state index contributed by atoms with van der Waals surface area (Å²) in [6.45, 7) is 4.51. The first-order chi connectivity index (χ1) is 5.83. The number of allylic oxidation sites excluding steroid dienone is 2. The van der Waals surface area contributed by atoms with Gasteiger partial charge in [-0.05, 0) is 31.6 Å². The van der Waals surface area contributed by atoms with Crippen LogP contribution in [0.4, 0.5) is 0 Å². The van der Waals surface area contributed by atoms with Gasteiger partial charge in [-0.3, -0.25) is 0 Å². The van der Waals surface area contributed by atoms with E-state index in [1.54, 1.807) is 0 Å². The summed E-state index contributed by atoms with van der Waals surface area (Å²) in [5, 5.41) is 0. The molecule has 0 nitrogen and oxygen atoms in total. The van der Waals surface area contributed by atoms with E-state index in [1.165, 1.54) is 38.5 Å². The van der Waals surface area contributed by atoms with Crippen LogP contribution in [-0.2, 0) is 0 Å². The first kappa shape index (κ1) is 9.83. The Kier molecular flexibility index (Phi) is 4.42. The third kappa shape index (κ3) is 3.42. The maximum absolute atomic E-state index is 2.39. The number of hydrogen-bond acceptors (Lipinski definition) is 0. The highest BCUT2D eigenvalue weighted by Gasteiger charge is 2.16. The molecule has 1 rings (SSSR count). The highest BCUT2D eigenvalue weighted by Crippen LogP contribution is 2.30. The molecule has 0 aromatic heterocycles. The van der Waals surface area contributed by atoms with E-state index in [0.717, 1.165) is 11.8 Å². The second-order valence-corrected chi connectivity index (χ2v) is 4.27. The molecule has 0 aromatic carbocycles. The van der Waals surface area contributed by atoms with Crippen LogP contribution in [0.3, 0.4) is 0 Å². The summed E-state index contributed by atoms with van der Waals surface area (Å²) in [5.41, 5.74) is 0. The smallest absolute Gasteiger partial charge is 0.0348 e. The summed E-state index contributed by atoms with van der Waals surface area (Å²) in [4.78, 5) is 0. The standard InChI is InChI=1S/C12H22/c1-3-4-5-6-12-9-7-11(2)8-10-12/h3-4,11-12H,5-10H2,1-2H3/b4-3-. The van der Waals surface area contributed by atoms with Crippen molar-refractivity contribution in [1.82, 2.24) is 0 Å². The van der Waals surface area contributed by atoms with Crippen molar-refractivity contribution in [3.63, 3.8) is 0 Å². The Balaban J connectivity index is 2.09. The van der Waals surface area contributed by atoms with Crippen LogP contribution in [-0.4, -0.2) is 0 Å². The van der Waals surface area contributed by atoms with Gasteiger partial charge in [0.05, 0.1) is 0 Å². The van der Waals surface area contributed by atoms with Crippen molar-refractivity contribution in [2.75, 3.05) is 0 Å². The molecule has 1 saturated carbocycles. The molecule has 0 N–H and O–H groups in total. The van der Waals surface area contributed by atoms with Crippen molar-refractivity contribution in [1.29, 1.82) is 0 Å². The minimum absolute atomic E-state index is 1.00. The Morgan fingerprint density at radius 1 is 1.17 bits per heavy atom. The summed E-state index contributed by atoms with van der Waals surface area (Å²) >= 11 is 0. The van der Waals surface area contributed by atoms with E-state index >= 15 is 0 Å². The third-order valence-electron chi connectivity index (χ3n) is 3.11. The van der Waals surface area contributed by atoms with Gasteiger partial charge in [0.25, 0.3) is 0 Å².